The van der Waals surface area contributed by atoms with Crippen molar-refractivity contribution >= 4 is 5.69 Å². The molecule has 0 aliphatic heterocycles. The lowest BCUT2D eigenvalue weighted by atomic mass is 10.0. The van der Waals surface area contributed by atoms with Crippen LogP contribution in [0.2, 0.25) is 0 Å². The van der Waals surface area contributed by atoms with E-state index in [0.29, 0.717) is 6.54 Å². The van der Waals surface area contributed by atoms with E-state index in [1.54, 1.807) is 0 Å². The van der Waals surface area contributed by atoms with Crippen molar-refractivity contribution in [1.82, 2.24) is 5.32 Å². The van der Waals surface area contributed by atoms with E-state index in [1.807, 2.05) is 14.0 Å². The molecule has 1 atom stereocenters. The summed E-state index contributed by atoms with van der Waals surface area (Å²) in [5, 5.41) is 12.7. The van der Waals surface area contributed by atoms with Crippen LogP contribution in [-0.4, -0.2) is 25.2 Å². The fourth-order valence-corrected chi connectivity index (χ4v) is 2.54. The molecule has 0 aliphatic carbocycles. The zero-order valence-electron chi connectivity index (χ0n) is 12.9. The molecule has 0 aliphatic rings. The van der Waals surface area contributed by atoms with Crippen molar-refractivity contribution in [1.29, 1.82) is 5.26 Å². The summed E-state index contributed by atoms with van der Waals surface area (Å²) in [5.41, 5.74) is 3.14. The second-order valence-corrected chi connectivity index (χ2v) is 5.89. The van der Waals surface area contributed by atoms with Gasteiger partial charge in [0, 0.05) is 25.3 Å². The van der Waals surface area contributed by atoms with Crippen molar-refractivity contribution in [3.8, 4) is 6.07 Å². The number of nitrogens with zero attached hydrogens (tertiary/aromatic N) is 2. The molecular formula is C16H25N3. The first kappa shape index (κ1) is 15.5. The second-order valence-electron chi connectivity index (χ2n) is 5.89. The molecule has 3 heteroatoms. The van der Waals surface area contributed by atoms with Crippen LogP contribution in [0.4, 0.5) is 5.69 Å². The summed E-state index contributed by atoms with van der Waals surface area (Å²) >= 11 is 0. The van der Waals surface area contributed by atoms with Crippen molar-refractivity contribution in [2.24, 2.45) is 0 Å². The highest BCUT2D eigenvalue weighted by molar-refractivity contribution is 5.54. The van der Waals surface area contributed by atoms with Gasteiger partial charge in [-0.15, -0.1) is 0 Å². The first-order valence-electron chi connectivity index (χ1n) is 6.75. The van der Waals surface area contributed by atoms with E-state index < -0.39 is 5.54 Å². The fraction of sp³-hybridized carbons (Fsp3) is 0.562. The minimum absolute atomic E-state index is 0.289. The highest BCUT2D eigenvalue weighted by atomic mass is 15.2. The minimum atomic E-state index is -0.541. The lowest BCUT2D eigenvalue weighted by Crippen LogP contribution is -2.52. The predicted molar refractivity (Wildman–Crippen MR) is 81.5 cm³/mol. The molecule has 1 rings (SSSR count). The van der Waals surface area contributed by atoms with E-state index in [0.717, 1.165) is 0 Å². The van der Waals surface area contributed by atoms with E-state index in [1.165, 1.54) is 16.8 Å². The normalized spacial score (nSPS) is 14.0. The number of nitrogens with one attached hydrogen (secondary N) is 1. The number of likely N-dealkylation sites (N-methyl/N-ethyl adjacent to an activating group) is 1. The van der Waals surface area contributed by atoms with Gasteiger partial charge in [0.15, 0.2) is 0 Å². The third-order valence-electron chi connectivity index (χ3n) is 3.17. The van der Waals surface area contributed by atoms with Crippen LogP contribution in [0.3, 0.4) is 0 Å². The molecule has 0 bridgehead atoms. The summed E-state index contributed by atoms with van der Waals surface area (Å²) in [7, 11) is 2.04. The molecular weight excluding hydrogens is 234 g/mol. The zero-order chi connectivity index (χ0) is 14.6. The maximum absolute atomic E-state index is 9.40. The molecule has 0 spiro atoms. The summed E-state index contributed by atoms with van der Waals surface area (Å²) in [5.74, 6) is 0. The Bertz CT molecular complexity index is 473. The minimum Gasteiger partial charge on any atom is -0.371 e. The average molecular weight is 259 g/mol. The van der Waals surface area contributed by atoms with Crippen LogP contribution >= 0.6 is 0 Å². The van der Waals surface area contributed by atoms with Gasteiger partial charge in [-0.2, -0.15) is 5.26 Å². The van der Waals surface area contributed by atoms with Crippen molar-refractivity contribution in [2.75, 3.05) is 18.5 Å². The molecule has 0 radical (unpaired) electrons. The van der Waals surface area contributed by atoms with Gasteiger partial charge in [0.05, 0.1) is 6.07 Å². The maximum atomic E-state index is 9.40. The Labute approximate surface area is 117 Å². The van der Waals surface area contributed by atoms with Crippen LogP contribution in [0.15, 0.2) is 18.2 Å². The topological polar surface area (TPSA) is 39.1 Å². The van der Waals surface area contributed by atoms with Gasteiger partial charge in [0.25, 0.3) is 0 Å². The van der Waals surface area contributed by atoms with Crippen molar-refractivity contribution in [2.45, 2.75) is 46.2 Å². The van der Waals surface area contributed by atoms with E-state index in [9.17, 15) is 5.26 Å². The third kappa shape index (κ3) is 4.25. The number of rotatable bonds is 5. The monoisotopic (exact) mass is 259 g/mol. The largest absolute Gasteiger partial charge is 0.371 e. The summed E-state index contributed by atoms with van der Waals surface area (Å²) in [6.45, 7) is 10.9. The SMILES string of the molecule is Cc1ccc(N(C)CC(C)(C#N)NC(C)C)c(C)c1. The Morgan fingerprint density at radius 3 is 2.47 bits per heavy atom. The van der Waals surface area contributed by atoms with E-state index in [2.05, 4.69) is 62.2 Å². The van der Waals surface area contributed by atoms with Gasteiger partial charge < -0.3 is 4.90 Å². The Hall–Kier alpha value is -1.53. The third-order valence-corrected chi connectivity index (χ3v) is 3.17. The van der Waals surface area contributed by atoms with Gasteiger partial charge in [-0.05, 0) is 46.2 Å². The summed E-state index contributed by atoms with van der Waals surface area (Å²) in [6, 6.07) is 9.08. The molecule has 0 fully saturated rings. The first-order valence-corrected chi connectivity index (χ1v) is 6.75. The molecule has 1 aromatic rings. The molecule has 1 N–H and O–H groups in total. The molecule has 0 aromatic heterocycles. The van der Waals surface area contributed by atoms with Crippen LogP contribution in [0, 0.1) is 25.2 Å². The number of hydrogen-bond donors (Lipinski definition) is 1. The highest BCUT2D eigenvalue weighted by Gasteiger charge is 2.26. The van der Waals surface area contributed by atoms with Gasteiger partial charge in [0.2, 0.25) is 0 Å². The smallest absolute Gasteiger partial charge is 0.121 e. The Balaban J connectivity index is 2.89. The van der Waals surface area contributed by atoms with Crippen LogP contribution in [0.1, 0.15) is 31.9 Å². The van der Waals surface area contributed by atoms with Crippen LogP contribution < -0.4 is 10.2 Å². The van der Waals surface area contributed by atoms with Crippen LogP contribution in [-0.2, 0) is 0 Å². The lowest BCUT2D eigenvalue weighted by molar-refractivity contribution is 0.408. The molecule has 0 saturated carbocycles. The Morgan fingerprint density at radius 1 is 1.37 bits per heavy atom. The standard InChI is InChI=1S/C16H25N3/c1-12(2)18-16(5,10-17)11-19(6)15-8-7-13(3)9-14(15)4/h7-9,12,18H,11H2,1-6H3. The highest BCUT2D eigenvalue weighted by Crippen LogP contribution is 2.21. The predicted octanol–water partition coefficient (Wildman–Crippen LogP) is 3.02. The van der Waals surface area contributed by atoms with Gasteiger partial charge in [-0.3, -0.25) is 5.32 Å². The second kappa shape index (κ2) is 6.08. The van der Waals surface area contributed by atoms with Gasteiger partial charge in [-0.1, -0.05) is 17.7 Å². The maximum Gasteiger partial charge on any atom is 0.121 e. The van der Waals surface area contributed by atoms with E-state index in [-0.39, 0.29) is 6.04 Å². The number of hydrogen-bond acceptors (Lipinski definition) is 3. The Kier molecular flexibility index (Phi) is 4.97. The summed E-state index contributed by atoms with van der Waals surface area (Å²) in [6.07, 6.45) is 0. The molecule has 3 nitrogen and oxygen atoms in total. The fourth-order valence-electron chi connectivity index (χ4n) is 2.54. The molecule has 0 amide bonds. The van der Waals surface area contributed by atoms with Crippen LogP contribution in [0.25, 0.3) is 0 Å². The molecule has 0 saturated heterocycles. The van der Waals surface area contributed by atoms with Crippen LogP contribution in [0.5, 0.6) is 0 Å². The van der Waals surface area contributed by atoms with E-state index in [4.69, 9.17) is 0 Å². The van der Waals surface area contributed by atoms with Crippen molar-refractivity contribution in [3.05, 3.63) is 29.3 Å². The van der Waals surface area contributed by atoms with Gasteiger partial charge in [-0.25, -0.2) is 0 Å². The molecule has 19 heavy (non-hydrogen) atoms. The van der Waals surface area contributed by atoms with Crippen molar-refractivity contribution < 1.29 is 0 Å². The summed E-state index contributed by atoms with van der Waals surface area (Å²) < 4.78 is 0. The van der Waals surface area contributed by atoms with Gasteiger partial charge >= 0.3 is 0 Å². The first-order chi connectivity index (χ1) is 8.77. The number of anilines is 1. The zero-order valence-corrected chi connectivity index (χ0v) is 12.9. The number of aryl methyl sites for hydroxylation is 2. The van der Waals surface area contributed by atoms with Gasteiger partial charge in [0.1, 0.15) is 5.54 Å². The number of benzene rings is 1. The Morgan fingerprint density at radius 2 is 2.00 bits per heavy atom. The summed E-state index contributed by atoms with van der Waals surface area (Å²) in [4.78, 5) is 2.15. The lowest BCUT2D eigenvalue weighted by Gasteiger charge is -2.32. The average Bonchev–Trinajstić information content (AvgIpc) is 2.27. The quantitative estimate of drug-likeness (QED) is 0.883. The van der Waals surface area contributed by atoms with E-state index >= 15 is 0 Å². The van der Waals surface area contributed by atoms with Crippen molar-refractivity contribution in [3.63, 3.8) is 0 Å². The molecule has 1 unspecified atom stereocenters. The number of nitriles is 1. The molecule has 0 heterocycles. The molecule has 1 aromatic carbocycles. The molecule has 104 valence electrons.